The molecule has 2 saturated carbocycles. The summed E-state index contributed by atoms with van der Waals surface area (Å²) in [6, 6.07) is 4.24. The van der Waals surface area contributed by atoms with Crippen molar-refractivity contribution < 1.29 is 9.53 Å². The number of rotatable bonds is 2. The van der Waals surface area contributed by atoms with Crippen LogP contribution in [0.5, 0.6) is 5.75 Å². The van der Waals surface area contributed by atoms with Crippen LogP contribution < -0.4 is 4.74 Å². The second-order valence-corrected chi connectivity index (χ2v) is 11.0. The van der Waals surface area contributed by atoms with E-state index in [0.29, 0.717) is 28.1 Å². The molecule has 3 aliphatic rings. The fraction of sp³-hybridized carbons (Fsp3) is 0.696. The molecule has 1 heterocycles. The van der Waals surface area contributed by atoms with Crippen molar-refractivity contribution in [3.05, 3.63) is 23.3 Å². The van der Waals surface area contributed by atoms with E-state index in [1.807, 2.05) is 11.8 Å². The van der Waals surface area contributed by atoms with Crippen LogP contribution in [-0.2, 0) is 5.41 Å². The van der Waals surface area contributed by atoms with Crippen LogP contribution in [0.15, 0.2) is 17.0 Å². The highest BCUT2D eigenvalue weighted by Crippen LogP contribution is 2.67. The van der Waals surface area contributed by atoms with E-state index in [1.54, 1.807) is 7.11 Å². The minimum Gasteiger partial charge on any atom is -0.496 e. The summed E-state index contributed by atoms with van der Waals surface area (Å²) in [5.41, 5.74) is 3.12. The second kappa shape index (κ2) is 6.02. The molecule has 4 unspecified atom stereocenters. The van der Waals surface area contributed by atoms with Crippen LogP contribution in [0.3, 0.4) is 0 Å². The molecule has 4 rings (SSSR count). The standard InChI is InChI=1S/C23H32O2S/c1-21(2)8-6-9-23(4)19(21)7-10-22(3)16-11-15(13-24)17(25-5)12-18(16)26-14-20(22)23/h11-13,19-20H,6-10,14H2,1-5H3. The molecule has 0 amide bonds. The van der Waals surface area contributed by atoms with Gasteiger partial charge in [-0.05, 0) is 71.5 Å². The van der Waals surface area contributed by atoms with E-state index in [9.17, 15) is 4.79 Å². The molecule has 26 heavy (non-hydrogen) atoms. The van der Waals surface area contributed by atoms with Crippen molar-refractivity contribution in [1.82, 2.24) is 0 Å². The van der Waals surface area contributed by atoms with E-state index >= 15 is 0 Å². The van der Waals surface area contributed by atoms with Gasteiger partial charge in [0.05, 0.1) is 12.7 Å². The lowest BCUT2D eigenvalue weighted by atomic mass is 9.43. The van der Waals surface area contributed by atoms with Gasteiger partial charge in [-0.15, -0.1) is 11.8 Å². The van der Waals surface area contributed by atoms with Gasteiger partial charge >= 0.3 is 0 Å². The Morgan fingerprint density at radius 2 is 1.88 bits per heavy atom. The van der Waals surface area contributed by atoms with E-state index in [-0.39, 0.29) is 5.41 Å². The lowest BCUT2D eigenvalue weighted by molar-refractivity contribution is -0.0973. The Hall–Kier alpha value is -0.960. The van der Waals surface area contributed by atoms with Crippen LogP contribution in [0.2, 0.25) is 0 Å². The zero-order chi connectivity index (χ0) is 18.7. The third-order valence-corrected chi connectivity index (χ3v) is 9.42. The first-order valence-corrected chi connectivity index (χ1v) is 11.1. The van der Waals surface area contributed by atoms with Crippen LogP contribution >= 0.6 is 11.8 Å². The number of hydrogen-bond acceptors (Lipinski definition) is 3. The Morgan fingerprint density at radius 3 is 2.58 bits per heavy atom. The lowest BCUT2D eigenvalue weighted by Gasteiger charge is -2.64. The number of carbonyl (C=O) groups is 1. The zero-order valence-corrected chi connectivity index (χ0v) is 17.7. The Bertz CT molecular complexity index is 740. The van der Waals surface area contributed by atoms with Gasteiger partial charge in [-0.1, -0.05) is 34.1 Å². The van der Waals surface area contributed by atoms with Crippen LogP contribution in [0, 0.1) is 22.7 Å². The van der Waals surface area contributed by atoms with E-state index in [2.05, 4.69) is 39.8 Å². The number of methoxy groups -OCH3 is 1. The van der Waals surface area contributed by atoms with Crippen LogP contribution in [0.4, 0.5) is 0 Å². The molecule has 0 bridgehead atoms. The summed E-state index contributed by atoms with van der Waals surface area (Å²) in [5.74, 6) is 3.40. The predicted molar refractivity (Wildman–Crippen MR) is 108 cm³/mol. The van der Waals surface area contributed by atoms with Gasteiger partial charge in [0.25, 0.3) is 0 Å². The van der Waals surface area contributed by atoms with Gasteiger partial charge in [0.1, 0.15) is 5.75 Å². The highest BCUT2D eigenvalue weighted by Gasteiger charge is 2.59. The molecular formula is C23H32O2S. The Labute approximate surface area is 162 Å². The van der Waals surface area contributed by atoms with Crippen LogP contribution in [-0.4, -0.2) is 19.1 Å². The van der Waals surface area contributed by atoms with Gasteiger partial charge in [0, 0.05) is 10.6 Å². The maximum Gasteiger partial charge on any atom is 0.153 e. The molecule has 1 aliphatic heterocycles. The average molecular weight is 373 g/mol. The molecular weight excluding hydrogens is 340 g/mol. The molecule has 0 radical (unpaired) electrons. The average Bonchev–Trinajstić information content (AvgIpc) is 2.59. The Balaban J connectivity index is 1.82. The van der Waals surface area contributed by atoms with Crippen molar-refractivity contribution in [3.8, 4) is 5.75 Å². The summed E-state index contributed by atoms with van der Waals surface area (Å²) < 4.78 is 5.46. The number of ether oxygens (including phenoxy) is 1. The first-order valence-electron chi connectivity index (χ1n) is 10.1. The summed E-state index contributed by atoms with van der Waals surface area (Å²) in [5, 5.41) is 0. The smallest absolute Gasteiger partial charge is 0.153 e. The minimum atomic E-state index is 0.170. The molecule has 1 aromatic carbocycles. The maximum atomic E-state index is 11.6. The molecule has 1 aromatic rings. The zero-order valence-electron chi connectivity index (χ0n) is 16.9. The Kier molecular flexibility index (Phi) is 4.26. The van der Waals surface area contributed by atoms with E-state index < -0.39 is 0 Å². The number of benzene rings is 1. The SMILES string of the molecule is COc1cc2c(cc1C=O)C1(C)CCC3C(C)(C)CCCC3(C)C1CS2. The minimum absolute atomic E-state index is 0.170. The van der Waals surface area contributed by atoms with E-state index in [1.165, 1.54) is 48.3 Å². The summed E-state index contributed by atoms with van der Waals surface area (Å²) in [6.45, 7) is 10.0. The van der Waals surface area contributed by atoms with Crippen molar-refractivity contribution in [2.75, 3.05) is 12.9 Å². The molecule has 2 aliphatic carbocycles. The second-order valence-electron chi connectivity index (χ2n) is 9.93. The van der Waals surface area contributed by atoms with Gasteiger partial charge < -0.3 is 4.74 Å². The Morgan fingerprint density at radius 1 is 1.12 bits per heavy atom. The summed E-state index contributed by atoms with van der Waals surface area (Å²) in [4.78, 5) is 12.9. The van der Waals surface area contributed by atoms with Gasteiger partial charge in [0.2, 0.25) is 0 Å². The van der Waals surface area contributed by atoms with Gasteiger partial charge in [0.15, 0.2) is 6.29 Å². The third-order valence-electron chi connectivity index (χ3n) is 8.27. The lowest BCUT2D eigenvalue weighted by Crippen LogP contribution is -2.58. The summed E-state index contributed by atoms with van der Waals surface area (Å²) in [6.07, 6.45) is 7.57. The quantitative estimate of drug-likeness (QED) is 0.586. The van der Waals surface area contributed by atoms with Gasteiger partial charge in [-0.25, -0.2) is 0 Å². The van der Waals surface area contributed by atoms with Crippen molar-refractivity contribution in [3.63, 3.8) is 0 Å². The highest BCUT2D eigenvalue weighted by atomic mass is 32.2. The normalized spacial score (nSPS) is 37.9. The van der Waals surface area contributed by atoms with Crippen molar-refractivity contribution >= 4 is 18.0 Å². The monoisotopic (exact) mass is 372 g/mol. The van der Waals surface area contributed by atoms with Gasteiger partial charge in [-0.3, -0.25) is 4.79 Å². The number of hydrogen-bond donors (Lipinski definition) is 0. The summed E-state index contributed by atoms with van der Waals surface area (Å²) >= 11 is 1.98. The molecule has 0 saturated heterocycles. The highest BCUT2D eigenvalue weighted by molar-refractivity contribution is 7.99. The molecule has 0 N–H and O–H groups in total. The molecule has 4 atom stereocenters. The van der Waals surface area contributed by atoms with Crippen LogP contribution in [0.1, 0.15) is 75.7 Å². The first-order chi connectivity index (χ1) is 12.3. The largest absolute Gasteiger partial charge is 0.496 e. The number of thioether (sulfide) groups is 1. The van der Waals surface area contributed by atoms with E-state index in [4.69, 9.17) is 4.74 Å². The molecule has 0 aromatic heterocycles. The molecule has 0 spiro atoms. The van der Waals surface area contributed by atoms with Crippen LogP contribution in [0.25, 0.3) is 0 Å². The number of fused-ring (bicyclic) bond motifs is 5. The van der Waals surface area contributed by atoms with Crippen molar-refractivity contribution in [1.29, 1.82) is 0 Å². The van der Waals surface area contributed by atoms with Crippen molar-refractivity contribution in [2.45, 2.75) is 70.1 Å². The number of aldehydes is 1. The molecule has 142 valence electrons. The fourth-order valence-corrected chi connectivity index (χ4v) is 8.66. The van der Waals surface area contributed by atoms with E-state index in [0.717, 1.165) is 12.2 Å². The van der Waals surface area contributed by atoms with Crippen molar-refractivity contribution in [2.24, 2.45) is 22.7 Å². The maximum absolute atomic E-state index is 11.6. The summed E-state index contributed by atoms with van der Waals surface area (Å²) in [7, 11) is 1.66. The molecule has 2 fully saturated rings. The van der Waals surface area contributed by atoms with Gasteiger partial charge in [-0.2, -0.15) is 0 Å². The molecule has 3 heteroatoms. The fourth-order valence-electron chi connectivity index (χ4n) is 6.93. The molecule has 2 nitrogen and oxygen atoms in total. The number of carbonyl (C=O) groups excluding carboxylic acids is 1. The predicted octanol–water partition coefficient (Wildman–Crippen LogP) is 6.11. The first kappa shape index (κ1) is 18.4. The third kappa shape index (κ3) is 2.42. The topological polar surface area (TPSA) is 26.3 Å².